The van der Waals surface area contributed by atoms with E-state index >= 15 is 0 Å². The maximum Gasteiger partial charge on any atom is 0.324 e. The predicted molar refractivity (Wildman–Crippen MR) is 95.9 cm³/mol. The zero-order valence-electron chi connectivity index (χ0n) is 16.0. The third-order valence-corrected chi connectivity index (χ3v) is 4.29. The van der Waals surface area contributed by atoms with E-state index in [0.29, 0.717) is 19.3 Å². The lowest BCUT2D eigenvalue weighted by Gasteiger charge is -2.33. The van der Waals surface area contributed by atoms with Crippen LogP contribution >= 0.6 is 0 Å². The van der Waals surface area contributed by atoms with Crippen molar-refractivity contribution >= 4 is 17.7 Å². The number of allylic oxidation sites excluding steroid dienone is 4. The summed E-state index contributed by atoms with van der Waals surface area (Å²) in [4.78, 5) is 36.9. The van der Waals surface area contributed by atoms with Crippen molar-refractivity contribution in [2.24, 2.45) is 11.3 Å². The Morgan fingerprint density at radius 3 is 2.16 bits per heavy atom. The van der Waals surface area contributed by atoms with Crippen LogP contribution in [0.3, 0.4) is 0 Å². The molecule has 140 valence electrons. The van der Waals surface area contributed by atoms with Crippen LogP contribution in [0, 0.1) is 11.3 Å². The van der Waals surface area contributed by atoms with Crippen LogP contribution in [-0.4, -0.2) is 30.9 Å². The van der Waals surface area contributed by atoms with Gasteiger partial charge in [-0.1, -0.05) is 37.1 Å². The number of esters is 2. The summed E-state index contributed by atoms with van der Waals surface area (Å²) < 4.78 is 10.4. The van der Waals surface area contributed by atoms with Crippen molar-refractivity contribution in [3.63, 3.8) is 0 Å². The number of ether oxygens (including phenoxy) is 2. The Hall–Kier alpha value is -1.91. The Balaban J connectivity index is 3.16. The molecule has 1 atom stereocenters. The van der Waals surface area contributed by atoms with Crippen LogP contribution in [0.5, 0.6) is 0 Å². The van der Waals surface area contributed by atoms with Crippen LogP contribution in [0.2, 0.25) is 0 Å². The molecule has 0 amide bonds. The molecular weight excluding hydrogens is 320 g/mol. The second-order valence-corrected chi connectivity index (χ2v) is 6.68. The van der Waals surface area contributed by atoms with E-state index in [4.69, 9.17) is 9.47 Å². The van der Waals surface area contributed by atoms with Crippen LogP contribution in [0.15, 0.2) is 23.3 Å². The third kappa shape index (κ3) is 5.55. The van der Waals surface area contributed by atoms with Gasteiger partial charge in [0, 0.05) is 12.8 Å². The Kier molecular flexibility index (Phi) is 8.07. The van der Waals surface area contributed by atoms with E-state index in [1.807, 2.05) is 32.9 Å². The highest BCUT2D eigenvalue weighted by Crippen LogP contribution is 2.41. The number of rotatable bonds is 8. The molecule has 0 bridgehead atoms. The number of Topliss-reactive ketones (excluding diaryl/α,β-unsaturated/α-hetero) is 1. The number of carbonyl (C=O) groups is 3. The van der Waals surface area contributed by atoms with Gasteiger partial charge in [-0.2, -0.15) is 0 Å². The molecule has 5 heteroatoms. The Labute approximate surface area is 150 Å². The Bertz CT molecular complexity index is 553. The fraction of sp³-hybridized carbons (Fsp3) is 0.650. The summed E-state index contributed by atoms with van der Waals surface area (Å²) in [6.45, 7) is 9.57. The summed E-state index contributed by atoms with van der Waals surface area (Å²) in [6.07, 6.45) is 5.47. The highest BCUT2D eigenvalue weighted by Gasteiger charge is 2.50. The molecule has 0 aromatic heterocycles. The maximum atomic E-state index is 12.6. The van der Waals surface area contributed by atoms with E-state index in [0.717, 1.165) is 11.1 Å². The zero-order chi connectivity index (χ0) is 19.0. The molecule has 0 radical (unpaired) electrons. The summed E-state index contributed by atoms with van der Waals surface area (Å²) in [7, 11) is 0. The first-order valence-corrected chi connectivity index (χ1v) is 9.03. The zero-order valence-corrected chi connectivity index (χ0v) is 16.0. The van der Waals surface area contributed by atoms with Gasteiger partial charge in [0.25, 0.3) is 0 Å². The molecule has 0 saturated carbocycles. The fourth-order valence-electron chi connectivity index (χ4n) is 3.25. The Morgan fingerprint density at radius 2 is 1.68 bits per heavy atom. The van der Waals surface area contributed by atoms with E-state index in [-0.39, 0.29) is 31.3 Å². The molecule has 0 aromatic rings. The van der Waals surface area contributed by atoms with Crippen LogP contribution in [-0.2, 0) is 23.9 Å². The van der Waals surface area contributed by atoms with Crippen molar-refractivity contribution in [2.45, 2.75) is 60.3 Å². The van der Waals surface area contributed by atoms with Crippen molar-refractivity contribution in [3.8, 4) is 0 Å². The van der Waals surface area contributed by atoms with Gasteiger partial charge in [-0.25, -0.2) is 0 Å². The Morgan fingerprint density at radius 1 is 1.12 bits per heavy atom. The van der Waals surface area contributed by atoms with E-state index in [1.165, 1.54) is 0 Å². The first-order valence-electron chi connectivity index (χ1n) is 9.03. The highest BCUT2D eigenvalue weighted by molar-refractivity contribution is 6.01. The minimum Gasteiger partial charge on any atom is -0.465 e. The molecule has 0 aliphatic heterocycles. The van der Waals surface area contributed by atoms with E-state index in [2.05, 4.69) is 0 Å². The summed E-state index contributed by atoms with van der Waals surface area (Å²) in [5.41, 5.74) is 0.472. The monoisotopic (exact) mass is 350 g/mol. The van der Waals surface area contributed by atoms with E-state index in [9.17, 15) is 14.4 Å². The molecule has 1 aliphatic rings. The van der Waals surface area contributed by atoms with Gasteiger partial charge in [-0.15, -0.1) is 0 Å². The van der Waals surface area contributed by atoms with E-state index < -0.39 is 17.4 Å². The van der Waals surface area contributed by atoms with Crippen molar-refractivity contribution < 1.29 is 23.9 Å². The van der Waals surface area contributed by atoms with Gasteiger partial charge in [-0.3, -0.25) is 14.4 Å². The summed E-state index contributed by atoms with van der Waals surface area (Å²) in [5.74, 6) is -0.831. The van der Waals surface area contributed by atoms with Gasteiger partial charge in [0.15, 0.2) is 5.41 Å². The van der Waals surface area contributed by atoms with Crippen LogP contribution < -0.4 is 0 Å². The van der Waals surface area contributed by atoms with Crippen LogP contribution in [0.1, 0.15) is 60.3 Å². The fourth-order valence-corrected chi connectivity index (χ4v) is 3.25. The second-order valence-electron chi connectivity index (χ2n) is 6.68. The number of hydrogen-bond acceptors (Lipinski definition) is 5. The highest BCUT2D eigenvalue weighted by atomic mass is 16.6. The average Bonchev–Trinajstić information content (AvgIpc) is 2.54. The van der Waals surface area contributed by atoms with Gasteiger partial charge in [0.05, 0.1) is 13.2 Å². The summed E-state index contributed by atoms with van der Waals surface area (Å²) >= 11 is 0. The topological polar surface area (TPSA) is 69.7 Å². The van der Waals surface area contributed by atoms with Crippen LogP contribution in [0.4, 0.5) is 0 Å². The van der Waals surface area contributed by atoms with E-state index in [1.54, 1.807) is 13.8 Å². The molecule has 1 aliphatic carbocycles. The summed E-state index contributed by atoms with van der Waals surface area (Å²) in [6, 6.07) is 0. The lowest BCUT2D eigenvalue weighted by atomic mass is 9.71. The number of hydrogen-bond donors (Lipinski definition) is 0. The molecule has 0 fully saturated rings. The molecule has 0 heterocycles. The normalized spacial score (nSPS) is 19.1. The average molecular weight is 350 g/mol. The molecule has 0 N–H and O–H groups in total. The molecule has 25 heavy (non-hydrogen) atoms. The van der Waals surface area contributed by atoms with Gasteiger partial charge >= 0.3 is 11.9 Å². The van der Waals surface area contributed by atoms with Crippen LogP contribution in [0.25, 0.3) is 0 Å². The van der Waals surface area contributed by atoms with Crippen molar-refractivity contribution in [1.29, 1.82) is 0 Å². The molecule has 0 spiro atoms. The predicted octanol–water partition coefficient (Wildman–Crippen LogP) is 3.77. The molecular formula is C20H30O5. The number of carbonyl (C=O) groups excluding carboxylic acids is 3. The summed E-state index contributed by atoms with van der Waals surface area (Å²) in [5, 5.41) is 0. The van der Waals surface area contributed by atoms with Gasteiger partial charge in [0.2, 0.25) is 0 Å². The lowest BCUT2D eigenvalue weighted by Crippen LogP contribution is -2.44. The second kappa shape index (κ2) is 9.54. The molecule has 1 unspecified atom stereocenters. The standard InChI is InChI=1S/C20H30O5/c1-6-17(21)11-14(4)9-16-10-15(5)12-20(13-16,18(22)24-7-2)19(23)25-8-3/h9-10,14H,6-8,11-13H2,1-5H3/b16-9-. The maximum absolute atomic E-state index is 12.6. The largest absolute Gasteiger partial charge is 0.465 e. The quantitative estimate of drug-likeness (QED) is 0.492. The molecule has 0 saturated heterocycles. The lowest BCUT2D eigenvalue weighted by molar-refractivity contribution is -0.172. The van der Waals surface area contributed by atoms with Crippen molar-refractivity contribution in [1.82, 2.24) is 0 Å². The third-order valence-electron chi connectivity index (χ3n) is 4.29. The molecule has 1 rings (SSSR count). The van der Waals surface area contributed by atoms with Crippen molar-refractivity contribution in [2.75, 3.05) is 13.2 Å². The SMILES string of the molecule is CCOC(=O)C1(C(=O)OCC)CC(C)=C/C(=C/C(C)CC(=O)CC)C1. The number of ketones is 1. The van der Waals surface area contributed by atoms with Gasteiger partial charge < -0.3 is 9.47 Å². The van der Waals surface area contributed by atoms with Gasteiger partial charge in [-0.05, 0) is 39.5 Å². The first kappa shape index (κ1) is 21.1. The van der Waals surface area contributed by atoms with Gasteiger partial charge in [0.1, 0.15) is 5.78 Å². The minimum absolute atomic E-state index is 0.0479. The smallest absolute Gasteiger partial charge is 0.324 e. The molecule has 5 nitrogen and oxygen atoms in total. The first-order chi connectivity index (χ1) is 11.8. The van der Waals surface area contributed by atoms with Crippen molar-refractivity contribution in [3.05, 3.63) is 23.3 Å². The molecule has 0 aromatic carbocycles. The minimum atomic E-state index is -1.33.